The smallest absolute Gasteiger partial charge is 0.232 e. The summed E-state index contributed by atoms with van der Waals surface area (Å²) in [5, 5.41) is 0.700. The molecule has 0 unspecified atom stereocenters. The van der Waals surface area contributed by atoms with Gasteiger partial charge in [0.15, 0.2) is 0 Å². The predicted octanol–water partition coefficient (Wildman–Crippen LogP) is 5.81. The first-order chi connectivity index (χ1) is 14.8. The first-order valence-electron chi connectivity index (χ1n) is 9.58. The third kappa shape index (κ3) is 2.97. The largest absolute Gasteiger partial charge is 0.496 e. The van der Waals surface area contributed by atoms with Gasteiger partial charge < -0.3 is 14.9 Å². The molecular formula is C25H19N3O2. The van der Waals surface area contributed by atoms with Crippen molar-refractivity contribution in [3.63, 3.8) is 0 Å². The first kappa shape index (κ1) is 17.9. The normalized spacial score (nSPS) is 11.0. The standard InChI is InChI=1S/C25H19N3O2/c1-29-20-10-6-5-9-19(20)23-21(22-24(26)27-15-28-25(22)30-23)18-13-11-17(12-14-18)16-7-3-2-4-8-16/h2-15H,1H3,(H2,26,27,28). The van der Waals surface area contributed by atoms with Gasteiger partial charge in [-0.2, -0.15) is 0 Å². The van der Waals surface area contributed by atoms with Crippen LogP contribution in [0.3, 0.4) is 0 Å². The number of hydrogen-bond donors (Lipinski definition) is 1. The highest BCUT2D eigenvalue weighted by Crippen LogP contribution is 2.44. The second kappa shape index (κ2) is 7.37. The number of fused-ring (bicyclic) bond motifs is 1. The quantitative estimate of drug-likeness (QED) is 0.417. The van der Waals surface area contributed by atoms with Crippen molar-refractivity contribution in [2.24, 2.45) is 0 Å². The molecule has 0 fully saturated rings. The van der Waals surface area contributed by atoms with Gasteiger partial charge in [-0.3, -0.25) is 0 Å². The Kier molecular flexibility index (Phi) is 4.41. The van der Waals surface area contributed by atoms with E-state index < -0.39 is 0 Å². The minimum absolute atomic E-state index is 0.382. The Morgan fingerprint density at radius 3 is 2.20 bits per heavy atom. The van der Waals surface area contributed by atoms with E-state index >= 15 is 0 Å². The van der Waals surface area contributed by atoms with E-state index in [0.717, 1.165) is 27.8 Å². The molecule has 0 bridgehead atoms. The van der Waals surface area contributed by atoms with Crippen molar-refractivity contribution in [3.8, 4) is 39.3 Å². The van der Waals surface area contributed by atoms with Crippen LogP contribution in [0.15, 0.2) is 89.6 Å². The van der Waals surface area contributed by atoms with Crippen LogP contribution >= 0.6 is 0 Å². The molecule has 2 heterocycles. The van der Waals surface area contributed by atoms with Crippen LogP contribution in [0.1, 0.15) is 0 Å². The van der Waals surface area contributed by atoms with Crippen LogP contribution in [0.2, 0.25) is 0 Å². The molecule has 5 nitrogen and oxygen atoms in total. The van der Waals surface area contributed by atoms with E-state index in [1.807, 2.05) is 42.5 Å². The highest BCUT2D eigenvalue weighted by molar-refractivity contribution is 6.06. The summed E-state index contributed by atoms with van der Waals surface area (Å²) in [6.45, 7) is 0. The highest BCUT2D eigenvalue weighted by atomic mass is 16.5. The Bertz CT molecular complexity index is 1330. The molecule has 5 aromatic rings. The Labute approximate surface area is 173 Å². The Morgan fingerprint density at radius 2 is 1.43 bits per heavy atom. The van der Waals surface area contributed by atoms with Crippen LogP contribution in [0, 0.1) is 0 Å². The molecule has 146 valence electrons. The molecule has 2 aromatic heterocycles. The number of aromatic nitrogens is 2. The first-order valence-corrected chi connectivity index (χ1v) is 9.58. The average molecular weight is 393 g/mol. The van der Waals surface area contributed by atoms with Gasteiger partial charge in [0, 0.05) is 5.56 Å². The number of rotatable bonds is 4. The topological polar surface area (TPSA) is 74.2 Å². The van der Waals surface area contributed by atoms with Crippen LogP contribution in [-0.2, 0) is 0 Å². The number of ether oxygens (including phenoxy) is 1. The van der Waals surface area contributed by atoms with Gasteiger partial charge in [-0.1, -0.05) is 66.7 Å². The predicted molar refractivity (Wildman–Crippen MR) is 119 cm³/mol. The number of para-hydroxylation sites is 1. The van der Waals surface area contributed by atoms with Crippen LogP contribution in [0.25, 0.3) is 44.7 Å². The zero-order valence-corrected chi connectivity index (χ0v) is 16.4. The zero-order valence-electron chi connectivity index (χ0n) is 16.4. The SMILES string of the molecule is COc1ccccc1-c1oc2ncnc(N)c2c1-c1ccc(-c2ccccc2)cc1. The molecule has 0 aliphatic carbocycles. The number of anilines is 1. The van der Waals surface area contributed by atoms with Gasteiger partial charge in [0.05, 0.1) is 18.1 Å². The number of hydrogen-bond acceptors (Lipinski definition) is 5. The summed E-state index contributed by atoms with van der Waals surface area (Å²) in [4.78, 5) is 8.48. The van der Waals surface area contributed by atoms with E-state index in [1.54, 1.807) is 7.11 Å². The van der Waals surface area contributed by atoms with E-state index in [2.05, 4.69) is 46.4 Å². The van der Waals surface area contributed by atoms with Gasteiger partial charge in [0.1, 0.15) is 23.7 Å². The van der Waals surface area contributed by atoms with Crippen molar-refractivity contribution in [2.45, 2.75) is 0 Å². The fraction of sp³-hybridized carbons (Fsp3) is 0.0400. The van der Waals surface area contributed by atoms with E-state index in [-0.39, 0.29) is 0 Å². The van der Waals surface area contributed by atoms with Crippen LogP contribution in [0.4, 0.5) is 5.82 Å². The third-order valence-electron chi connectivity index (χ3n) is 5.15. The maximum atomic E-state index is 6.23. The van der Waals surface area contributed by atoms with Crippen LogP contribution in [0.5, 0.6) is 5.75 Å². The van der Waals surface area contributed by atoms with Gasteiger partial charge in [-0.25, -0.2) is 9.97 Å². The fourth-order valence-corrected chi connectivity index (χ4v) is 3.71. The van der Waals surface area contributed by atoms with Gasteiger partial charge in [0.25, 0.3) is 0 Å². The number of nitrogens with zero attached hydrogens (tertiary/aromatic N) is 2. The molecule has 3 aromatic carbocycles. The summed E-state index contributed by atoms with van der Waals surface area (Å²) in [7, 11) is 1.64. The lowest BCUT2D eigenvalue weighted by Crippen LogP contribution is -1.93. The number of benzene rings is 3. The van der Waals surface area contributed by atoms with Crippen molar-refractivity contribution >= 4 is 16.9 Å². The summed E-state index contributed by atoms with van der Waals surface area (Å²) >= 11 is 0. The van der Waals surface area contributed by atoms with Gasteiger partial charge in [-0.15, -0.1) is 0 Å². The highest BCUT2D eigenvalue weighted by Gasteiger charge is 2.23. The monoisotopic (exact) mass is 393 g/mol. The second-order valence-electron chi connectivity index (χ2n) is 6.89. The van der Waals surface area contributed by atoms with E-state index in [0.29, 0.717) is 28.4 Å². The molecule has 0 saturated carbocycles. The Morgan fingerprint density at radius 1 is 0.767 bits per heavy atom. The Balaban J connectivity index is 1.74. The average Bonchev–Trinajstić information content (AvgIpc) is 3.20. The molecule has 0 atom stereocenters. The summed E-state index contributed by atoms with van der Waals surface area (Å²) in [5.41, 5.74) is 11.6. The van der Waals surface area contributed by atoms with Crippen molar-refractivity contribution in [3.05, 3.63) is 85.2 Å². The molecule has 0 radical (unpaired) electrons. The zero-order chi connectivity index (χ0) is 20.5. The molecule has 5 rings (SSSR count). The lowest BCUT2D eigenvalue weighted by molar-refractivity contribution is 0.415. The van der Waals surface area contributed by atoms with Crippen molar-refractivity contribution in [1.29, 1.82) is 0 Å². The Hall–Kier alpha value is -4.12. The van der Waals surface area contributed by atoms with E-state index in [9.17, 15) is 0 Å². The molecule has 0 saturated heterocycles. The maximum Gasteiger partial charge on any atom is 0.232 e. The van der Waals surface area contributed by atoms with Crippen LogP contribution in [-0.4, -0.2) is 17.1 Å². The van der Waals surface area contributed by atoms with Crippen molar-refractivity contribution in [1.82, 2.24) is 9.97 Å². The molecule has 0 amide bonds. The molecule has 5 heteroatoms. The molecule has 2 N–H and O–H groups in total. The summed E-state index contributed by atoms with van der Waals surface area (Å²) < 4.78 is 11.7. The van der Waals surface area contributed by atoms with E-state index in [4.69, 9.17) is 14.9 Å². The molecule has 0 aliphatic rings. The molecule has 0 aliphatic heterocycles. The third-order valence-corrected chi connectivity index (χ3v) is 5.15. The number of nitrogens with two attached hydrogens (primary N) is 1. The number of nitrogen functional groups attached to an aromatic ring is 1. The van der Waals surface area contributed by atoms with Gasteiger partial charge in [-0.05, 0) is 28.8 Å². The number of furan rings is 1. The molecule has 0 spiro atoms. The second-order valence-corrected chi connectivity index (χ2v) is 6.89. The van der Waals surface area contributed by atoms with Gasteiger partial charge in [0.2, 0.25) is 5.71 Å². The van der Waals surface area contributed by atoms with E-state index in [1.165, 1.54) is 6.33 Å². The molecular weight excluding hydrogens is 374 g/mol. The van der Waals surface area contributed by atoms with Crippen LogP contribution < -0.4 is 10.5 Å². The molecule has 30 heavy (non-hydrogen) atoms. The summed E-state index contributed by atoms with van der Waals surface area (Å²) in [6, 6.07) is 26.3. The summed E-state index contributed by atoms with van der Waals surface area (Å²) in [6.07, 6.45) is 1.41. The maximum absolute atomic E-state index is 6.23. The number of methoxy groups -OCH3 is 1. The lowest BCUT2D eigenvalue weighted by atomic mass is 9.96. The summed E-state index contributed by atoms with van der Waals surface area (Å²) in [5.74, 6) is 1.75. The minimum Gasteiger partial charge on any atom is -0.496 e. The fourth-order valence-electron chi connectivity index (χ4n) is 3.71. The minimum atomic E-state index is 0.382. The van der Waals surface area contributed by atoms with Gasteiger partial charge >= 0.3 is 0 Å². The van der Waals surface area contributed by atoms with Crippen molar-refractivity contribution < 1.29 is 9.15 Å². The van der Waals surface area contributed by atoms with Crippen molar-refractivity contribution in [2.75, 3.05) is 12.8 Å². The lowest BCUT2D eigenvalue weighted by Gasteiger charge is -2.09.